The van der Waals surface area contributed by atoms with Crippen LogP contribution in [0.15, 0.2) is 60.2 Å². The highest BCUT2D eigenvalue weighted by Crippen LogP contribution is 2.28. The van der Waals surface area contributed by atoms with Crippen molar-refractivity contribution in [3.63, 3.8) is 0 Å². The quantitative estimate of drug-likeness (QED) is 0.768. The summed E-state index contributed by atoms with van der Waals surface area (Å²) in [5.74, 6) is 0. The van der Waals surface area contributed by atoms with E-state index in [0.29, 0.717) is 6.04 Å². The fraction of sp³-hybridized carbons (Fsp3) is 0.158. The van der Waals surface area contributed by atoms with Crippen LogP contribution in [0, 0.1) is 22.7 Å². The summed E-state index contributed by atoms with van der Waals surface area (Å²) in [6.45, 7) is 4.29. The van der Waals surface area contributed by atoms with Gasteiger partial charge in [0.1, 0.15) is 17.7 Å². The SMILES string of the molecule is CC(C)N(c1ccccc1)c1ccc(C=C(C#N)C#N)cc1. The van der Waals surface area contributed by atoms with Gasteiger partial charge in [-0.3, -0.25) is 0 Å². The second kappa shape index (κ2) is 7.11. The Morgan fingerprint density at radius 1 is 0.909 bits per heavy atom. The minimum absolute atomic E-state index is 0.108. The first-order valence-corrected chi connectivity index (χ1v) is 7.12. The Kier molecular flexibility index (Phi) is 4.96. The minimum Gasteiger partial charge on any atom is -0.339 e. The van der Waals surface area contributed by atoms with Crippen molar-refractivity contribution in [1.82, 2.24) is 0 Å². The molecule has 22 heavy (non-hydrogen) atoms. The molecule has 0 aromatic heterocycles. The molecule has 0 aliphatic heterocycles. The Morgan fingerprint density at radius 3 is 1.95 bits per heavy atom. The van der Waals surface area contributed by atoms with Gasteiger partial charge < -0.3 is 4.90 Å². The van der Waals surface area contributed by atoms with Gasteiger partial charge in [-0.15, -0.1) is 0 Å². The molecule has 3 nitrogen and oxygen atoms in total. The summed E-state index contributed by atoms with van der Waals surface area (Å²) in [5, 5.41) is 17.6. The van der Waals surface area contributed by atoms with Crippen molar-refractivity contribution >= 4 is 17.5 Å². The first-order valence-electron chi connectivity index (χ1n) is 7.12. The molecule has 0 radical (unpaired) electrons. The van der Waals surface area contributed by atoms with Gasteiger partial charge in [0, 0.05) is 17.4 Å². The van der Waals surface area contributed by atoms with Crippen LogP contribution in [-0.2, 0) is 0 Å². The van der Waals surface area contributed by atoms with E-state index in [2.05, 4.69) is 30.9 Å². The van der Waals surface area contributed by atoms with Crippen LogP contribution < -0.4 is 4.90 Å². The van der Waals surface area contributed by atoms with Crippen LogP contribution in [0.1, 0.15) is 19.4 Å². The first kappa shape index (κ1) is 15.4. The molecule has 2 aromatic rings. The first-order chi connectivity index (χ1) is 10.7. The van der Waals surface area contributed by atoms with E-state index >= 15 is 0 Å². The van der Waals surface area contributed by atoms with Gasteiger partial charge in [0.25, 0.3) is 0 Å². The van der Waals surface area contributed by atoms with Crippen molar-refractivity contribution in [2.24, 2.45) is 0 Å². The van der Waals surface area contributed by atoms with Crippen molar-refractivity contribution in [3.05, 3.63) is 65.7 Å². The van der Waals surface area contributed by atoms with E-state index in [-0.39, 0.29) is 5.57 Å². The molecule has 0 aliphatic rings. The third-order valence-corrected chi connectivity index (χ3v) is 3.27. The molecule has 0 saturated heterocycles. The largest absolute Gasteiger partial charge is 0.339 e. The Labute approximate surface area is 131 Å². The van der Waals surface area contributed by atoms with Gasteiger partial charge in [-0.05, 0) is 49.8 Å². The van der Waals surface area contributed by atoms with Crippen molar-refractivity contribution in [2.75, 3.05) is 4.90 Å². The predicted molar refractivity (Wildman–Crippen MR) is 89.4 cm³/mol. The summed E-state index contributed by atoms with van der Waals surface area (Å²) in [4.78, 5) is 2.24. The van der Waals surface area contributed by atoms with Crippen molar-refractivity contribution < 1.29 is 0 Å². The van der Waals surface area contributed by atoms with Gasteiger partial charge in [-0.2, -0.15) is 10.5 Å². The monoisotopic (exact) mass is 287 g/mol. The number of hydrogen-bond acceptors (Lipinski definition) is 3. The fourth-order valence-corrected chi connectivity index (χ4v) is 2.32. The molecule has 0 atom stereocenters. The van der Waals surface area contributed by atoms with Crippen LogP contribution in [0.4, 0.5) is 11.4 Å². The molecule has 0 amide bonds. The molecule has 0 unspecified atom stereocenters. The van der Waals surface area contributed by atoms with E-state index in [9.17, 15) is 0 Å². The summed E-state index contributed by atoms with van der Waals surface area (Å²) < 4.78 is 0. The fourth-order valence-electron chi connectivity index (χ4n) is 2.32. The molecule has 0 bridgehead atoms. The molecule has 2 rings (SSSR count). The van der Waals surface area contributed by atoms with Crippen LogP contribution in [0.3, 0.4) is 0 Å². The summed E-state index contributed by atoms with van der Waals surface area (Å²) in [6.07, 6.45) is 1.59. The third-order valence-electron chi connectivity index (χ3n) is 3.27. The second-order valence-corrected chi connectivity index (χ2v) is 5.17. The molecule has 3 heteroatoms. The van der Waals surface area contributed by atoms with Crippen molar-refractivity contribution in [2.45, 2.75) is 19.9 Å². The lowest BCUT2D eigenvalue weighted by Crippen LogP contribution is -2.25. The highest BCUT2D eigenvalue weighted by Gasteiger charge is 2.12. The molecule has 0 spiro atoms. The highest BCUT2D eigenvalue weighted by molar-refractivity contribution is 5.68. The van der Waals surface area contributed by atoms with Crippen LogP contribution in [0.25, 0.3) is 6.08 Å². The van der Waals surface area contributed by atoms with Crippen molar-refractivity contribution in [3.8, 4) is 12.1 Å². The van der Waals surface area contributed by atoms with Gasteiger partial charge in [0.2, 0.25) is 0 Å². The smallest absolute Gasteiger partial charge is 0.130 e. The molecular formula is C19H17N3. The second-order valence-electron chi connectivity index (χ2n) is 5.17. The number of nitrogens with zero attached hydrogens (tertiary/aromatic N) is 3. The average molecular weight is 287 g/mol. The number of nitriles is 2. The summed E-state index contributed by atoms with van der Waals surface area (Å²) in [6, 6.07) is 22.1. The Balaban J connectivity index is 2.34. The van der Waals surface area contributed by atoms with Crippen LogP contribution in [0.5, 0.6) is 0 Å². The van der Waals surface area contributed by atoms with E-state index in [1.54, 1.807) is 6.08 Å². The van der Waals surface area contributed by atoms with Crippen molar-refractivity contribution in [1.29, 1.82) is 10.5 Å². The number of anilines is 2. The van der Waals surface area contributed by atoms with Crippen LogP contribution in [-0.4, -0.2) is 6.04 Å². The molecule has 0 aliphatic carbocycles. The molecule has 0 heterocycles. The van der Waals surface area contributed by atoms with E-state index in [4.69, 9.17) is 10.5 Å². The van der Waals surface area contributed by atoms with E-state index in [0.717, 1.165) is 16.9 Å². The number of hydrogen-bond donors (Lipinski definition) is 0. The topological polar surface area (TPSA) is 50.8 Å². The normalized spacial score (nSPS) is 9.68. The Bertz CT molecular complexity index is 713. The highest BCUT2D eigenvalue weighted by atomic mass is 15.2. The van der Waals surface area contributed by atoms with Gasteiger partial charge in [0.15, 0.2) is 0 Å². The lowest BCUT2D eigenvalue weighted by molar-refractivity contribution is 0.789. The molecule has 0 saturated carbocycles. The summed E-state index contributed by atoms with van der Waals surface area (Å²) in [5.41, 5.74) is 3.17. The zero-order chi connectivity index (χ0) is 15.9. The van der Waals surface area contributed by atoms with E-state index < -0.39 is 0 Å². The number of benzene rings is 2. The summed E-state index contributed by atoms with van der Waals surface area (Å²) in [7, 11) is 0. The van der Waals surface area contributed by atoms with Crippen LogP contribution >= 0.6 is 0 Å². The standard InChI is InChI=1S/C19H17N3/c1-15(2)22(18-6-4-3-5-7-18)19-10-8-16(9-11-19)12-17(13-20)14-21/h3-12,15H,1-2H3. The third kappa shape index (κ3) is 3.53. The van der Waals surface area contributed by atoms with Gasteiger partial charge in [-0.1, -0.05) is 30.3 Å². The van der Waals surface area contributed by atoms with E-state index in [1.807, 2.05) is 54.6 Å². The molecule has 108 valence electrons. The maximum Gasteiger partial charge on any atom is 0.130 e. The Hall–Kier alpha value is -3.04. The predicted octanol–water partition coefficient (Wildman–Crippen LogP) is 4.66. The maximum atomic E-state index is 8.80. The zero-order valence-electron chi connectivity index (χ0n) is 12.7. The number of allylic oxidation sites excluding steroid dienone is 1. The molecule has 2 aromatic carbocycles. The molecule has 0 fully saturated rings. The lowest BCUT2D eigenvalue weighted by Gasteiger charge is -2.29. The average Bonchev–Trinajstić information content (AvgIpc) is 2.55. The summed E-state index contributed by atoms with van der Waals surface area (Å²) >= 11 is 0. The van der Waals surface area contributed by atoms with E-state index in [1.165, 1.54) is 0 Å². The number of para-hydroxylation sites is 1. The van der Waals surface area contributed by atoms with Gasteiger partial charge >= 0.3 is 0 Å². The Morgan fingerprint density at radius 2 is 1.45 bits per heavy atom. The van der Waals surface area contributed by atoms with Gasteiger partial charge in [0.05, 0.1) is 0 Å². The van der Waals surface area contributed by atoms with Crippen LogP contribution in [0.2, 0.25) is 0 Å². The zero-order valence-corrected chi connectivity index (χ0v) is 12.7. The minimum atomic E-state index is 0.108. The maximum absolute atomic E-state index is 8.80. The van der Waals surface area contributed by atoms with Gasteiger partial charge in [-0.25, -0.2) is 0 Å². The molecular weight excluding hydrogens is 270 g/mol. The molecule has 0 N–H and O–H groups in total. The lowest BCUT2D eigenvalue weighted by atomic mass is 10.1. The number of rotatable bonds is 4.